The fraction of sp³-hybridized carbons (Fsp3) is 0. The lowest BCUT2D eigenvalue weighted by atomic mass is 10.0. The smallest absolute Gasteiger partial charge is 0.270 e. The van der Waals surface area contributed by atoms with Crippen LogP contribution in [0.25, 0.3) is 33.6 Å². The Balaban J connectivity index is 1.91. The summed E-state index contributed by atoms with van der Waals surface area (Å²) in [6, 6.07) is 28.8. The molecule has 3 aromatic carbocycles. The molecule has 4 heteroatoms. The number of nitro groups is 1. The number of H-pyrrole nitrogens is 1. The van der Waals surface area contributed by atoms with Gasteiger partial charge in [-0.15, -0.1) is 0 Å². The highest BCUT2D eigenvalue weighted by Gasteiger charge is 2.15. The van der Waals surface area contributed by atoms with Gasteiger partial charge < -0.3 is 4.98 Å². The van der Waals surface area contributed by atoms with Crippen molar-refractivity contribution in [3.8, 4) is 33.6 Å². The average Bonchev–Trinajstić information content (AvgIpc) is 3.15. The molecule has 0 saturated heterocycles. The van der Waals surface area contributed by atoms with Crippen LogP contribution < -0.4 is 0 Å². The first-order chi connectivity index (χ1) is 12.7. The fourth-order valence-electron chi connectivity index (χ4n) is 3.07. The Morgan fingerprint density at radius 3 is 1.96 bits per heavy atom. The van der Waals surface area contributed by atoms with Gasteiger partial charge >= 0.3 is 0 Å². The molecule has 0 amide bonds. The predicted molar refractivity (Wildman–Crippen MR) is 104 cm³/mol. The zero-order valence-electron chi connectivity index (χ0n) is 13.9. The molecule has 126 valence electrons. The van der Waals surface area contributed by atoms with Crippen LogP contribution in [0, 0.1) is 10.1 Å². The van der Waals surface area contributed by atoms with Gasteiger partial charge in [0.05, 0.1) is 10.6 Å². The molecule has 0 aliphatic heterocycles. The Hall–Kier alpha value is -3.66. The van der Waals surface area contributed by atoms with Gasteiger partial charge in [0.2, 0.25) is 0 Å². The van der Waals surface area contributed by atoms with Gasteiger partial charge in [-0.3, -0.25) is 10.1 Å². The van der Waals surface area contributed by atoms with E-state index in [1.807, 2.05) is 66.7 Å². The quantitative estimate of drug-likeness (QED) is 0.370. The van der Waals surface area contributed by atoms with Crippen LogP contribution in [0.1, 0.15) is 0 Å². The maximum atomic E-state index is 11.2. The number of nitrogens with zero attached hydrogens (tertiary/aromatic N) is 1. The summed E-state index contributed by atoms with van der Waals surface area (Å²) in [6.45, 7) is 0. The standard InChI is InChI=1S/C22H16N2O2/c25-24(26)19-13-7-12-18(14-19)20-15-21(16-8-3-1-4-9-16)23-22(20)17-10-5-2-6-11-17/h1-15,23H. The summed E-state index contributed by atoms with van der Waals surface area (Å²) in [5.74, 6) is 0. The fourth-order valence-corrected chi connectivity index (χ4v) is 3.07. The third-order valence-corrected chi connectivity index (χ3v) is 4.33. The van der Waals surface area contributed by atoms with E-state index >= 15 is 0 Å². The van der Waals surface area contributed by atoms with Crippen molar-refractivity contribution in [2.24, 2.45) is 0 Å². The summed E-state index contributed by atoms with van der Waals surface area (Å²) in [5.41, 5.74) is 5.88. The van der Waals surface area contributed by atoms with E-state index in [-0.39, 0.29) is 10.6 Å². The van der Waals surface area contributed by atoms with Crippen molar-refractivity contribution >= 4 is 5.69 Å². The number of nitro benzene ring substituents is 1. The predicted octanol–water partition coefficient (Wildman–Crippen LogP) is 5.92. The molecule has 4 rings (SSSR count). The van der Waals surface area contributed by atoms with Crippen molar-refractivity contribution in [1.29, 1.82) is 0 Å². The molecule has 0 unspecified atom stereocenters. The Morgan fingerprint density at radius 2 is 1.31 bits per heavy atom. The lowest BCUT2D eigenvalue weighted by Crippen LogP contribution is -1.88. The Kier molecular flexibility index (Phi) is 4.07. The minimum Gasteiger partial charge on any atom is -0.354 e. The van der Waals surface area contributed by atoms with E-state index in [1.165, 1.54) is 6.07 Å². The van der Waals surface area contributed by atoms with Crippen LogP contribution in [-0.4, -0.2) is 9.91 Å². The van der Waals surface area contributed by atoms with E-state index in [2.05, 4.69) is 11.1 Å². The van der Waals surface area contributed by atoms with Crippen molar-refractivity contribution < 1.29 is 4.92 Å². The van der Waals surface area contributed by atoms with Gasteiger partial charge in [0.1, 0.15) is 0 Å². The number of aromatic amines is 1. The molecule has 4 aromatic rings. The van der Waals surface area contributed by atoms with Gasteiger partial charge in [0.25, 0.3) is 5.69 Å². The molecule has 0 spiro atoms. The highest BCUT2D eigenvalue weighted by Crippen LogP contribution is 2.36. The summed E-state index contributed by atoms with van der Waals surface area (Å²) in [4.78, 5) is 14.3. The van der Waals surface area contributed by atoms with Crippen molar-refractivity contribution in [3.63, 3.8) is 0 Å². The molecular formula is C22H16N2O2. The van der Waals surface area contributed by atoms with Crippen LogP contribution >= 0.6 is 0 Å². The zero-order valence-corrected chi connectivity index (χ0v) is 13.9. The summed E-state index contributed by atoms with van der Waals surface area (Å²) >= 11 is 0. The molecule has 1 heterocycles. The minimum absolute atomic E-state index is 0.0870. The molecule has 4 nitrogen and oxygen atoms in total. The second-order valence-corrected chi connectivity index (χ2v) is 6.01. The van der Waals surface area contributed by atoms with Gasteiger partial charge in [-0.05, 0) is 22.8 Å². The van der Waals surface area contributed by atoms with Gasteiger partial charge in [-0.1, -0.05) is 72.8 Å². The highest BCUT2D eigenvalue weighted by molar-refractivity contribution is 5.86. The monoisotopic (exact) mass is 340 g/mol. The molecule has 0 aliphatic carbocycles. The number of non-ortho nitro benzene ring substituents is 1. The van der Waals surface area contributed by atoms with Crippen LogP contribution in [0.2, 0.25) is 0 Å². The van der Waals surface area contributed by atoms with Gasteiger partial charge in [-0.25, -0.2) is 0 Å². The first-order valence-electron chi connectivity index (χ1n) is 8.31. The first kappa shape index (κ1) is 15.8. The lowest BCUT2D eigenvalue weighted by molar-refractivity contribution is -0.384. The van der Waals surface area contributed by atoms with E-state index in [0.717, 1.165) is 33.6 Å². The van der Waals surface area contributed by atoms with E-state index in [0.29, 0.717) is 0 Å². The van der Waals surface area contributed by atoms with Gasteiger partial charge in [0.15, 0.2) is 0 Å². The summed E-state index contributed by atoms with van der Waals surface area (Å²) in [7, 11) is 0. The minimum atomic E-state index is -0.365. The van der Waals surface area contributed by atoms with Crippen molar-refractivity contribution in [2.45, 2.75) is 0 Å². The Morgan fingerprint density at radius 1 is 0.692 bits per heavy atom. The highest BCUT2D eigenvalue weighted by atomic mass is 16.6. The molecule has 1 aromatic heterocycles. The first-order valence-corrected chi connectivity index (χ1v) is 8.31. The maximum Gasteiger partial charge on any atom is 0.270 e. The maximum absolute atomic E-state index is 11.2. The van der Waals surface area contributed by atoms with E-state index in [1.54, 1.807) is 12.1 Å². The van der Waals surface area contributed by atoms with Gasteiger partial charge in [0, 0.05) is 23.4 Å². The molecule has 26 heavy (non-hydrogen) atoms. The molecule has 0 aliphatic rings. The molecule has 1 N–H and O–H groups in total. The molecule has 0 bridgehead atoms. The third kappa shape index (κ3) is 3.00. The number of aromatic nitrogens is 1. The van der Waals surface area contributed by atoms with Crippen LogP contribution in [0.3, 0.4) is 0 Å². The normalized spacial score (nSPS) is 10.6. The number of hydrogen-bond donors (Lipinski definition) is 1. The molecule has 0 saturated carbocycles. The lowest BCUT2D eigenvalue weighted by Gasteiger charge is -2.04. The van der Waals surface area contributed by atoms with E-state index in [9.17, 15) is 10.1 Å². The molecular weight excluding hydrogens is 324 g/mol. The summed E-state index contributed by atoms with van der Waals surface area (Å²) in [6.07, 6.45) is 0. The number of hydrogen-bond acceptors (Lipinski definition) is 2. The summed E-state index contributed by atoms with van der Waals surface area (Å²) in [5, 5.41) is 11.2. The van der Waals surface area contributed by atoms with Crippen molar-refractivity contribution in [3.05, 3.63) is 101 Å². The van der Waals surface area contributed by atoms with E-state index < -0.39 is 0 Å². The van der Waals surface area contributed by atoms with Crippen LogP contribution in [0.15, 0.2) is 91.0 Å². The Labute approximate surface area is 150 Å². The second-order valence-electron chi connectivity index (χ2n) is 6.01. The number of rotatable bonds is 4. The van der Waals surface area contributed by atoms with E-state index in [4.69, 9.17) is 0 Å². The van der Waals surface area contributed by atoms with Gasteiger partial charge in [-0.2, -0.15) is 0 Å². The number of benzene rings is 3. The number of nitrogens with one attached hydrogen (secondary N) is 1. The van der Waals surface area contributed by atoms with Crippen LogP contribution in [-0.2, 0) is 0 Å². The van der Waals surface area contributed by atoms with Crippen LogP contribution in [0.5, 0.6) is 0 Å². The molecule has 0 fully saturated rings. The second kappa shape index (κ2) is 6.69. The molecule has 0 radical (unpaired) electrons. The molecule has 0 atom stereocenters. The van der Waals surface area contributed by atoms with Crippen molar-refractivity contribution in [2.75, 3.05) is 0 Å². The third-order valence-electron chi connectivity index (χ3n) is 4.33. The zero-order chi connectivity index (χ0) is 17.9. The topological polar surface area (TPSA) is 58.9 Å². The largest absolute Gasteiger partial charge is 0.354 e. The van der Waals surface area contributed by atoms with Crippen LogP contribution in [0.4, 0.5) is 5.69 Å². The SMILES string of the molecule is O=[N+]([O-])c1cccc(-c2cc(-c3ccccc3)[nH]c2-c2ccccc2)c1. The van der Waals surface area contributed by atoms with Crippen molar-refractivity contribution in [1.82, 2.24) is 4.98 Å². The Bertz CT molecular complexity index is 1050. The summed E-state index contributed by atoms with van der Waals surface area (Å²) < 4.78 is 0. The average molecular weight is 340 g/mol.